The monoisotopic (exact) mass is 393 g/mol. The van der Waals surface area contributed by atoms with E-state index in [4.69, 9.17) is 4.74 Å². The molecule has 3 rings (SSSR count). The third kappa shape index (κ3) is 5.52. The average Bonchev–Trinajstić information content (AvgIpc) is 2.73. The quantitative estimate of drug-likeness (QED) is 0.609. The molecule has 8 heteroatoms. The maximum atomic E-state index is 12.5. The summed E-state index contributed by atoms with van der Waals surface area (Å²) in [5.74, 6) is -1.38. The van der Waals surface area contributed by atoms with E-state index < -0.39 is 36.3 Å². The molecule has 29 heavy (non-hydrogen) atoms. The van der Waals surface area contributed by atoms with E-state index in [0.717, 1.165) is 10.1 Å². The molecule has 2 aromatic carbocycles. The number of hydrogen-bond donors (Lipinski definition) is 1. The summed E-state index contributed by atoms with van der Waals surface area (Å²) in [6, 6.07) is 19.1. The minimum Gasteiger partial charge on any atom is -0.454 e. The molecule has 0 aliphatic rings. The maximum absolute atomic E-state index is 12.5. The Balaban J connectivity index is 1.62. The number of ether oxygens (including phenoxy) is 1. The zero-order valence-electron chi connectivity index (χ0n) is 15.5. The lowest BCUT2D eigenvalue weighted by Crippen LogP contribution is -2.41. The highest BCUT2D eigenvalue weighted by Gasteiger charge is 2.13. The fourth-order valence-electron chi connectivity index (χ4n) is 2.64. The van der Waals surface area contributed by atoms with E-state index in [1.807, 2.05) is 30.3 Å². The minimum atomic E-state index is -0.857. The second kappa shape index (κ2) is 9.32. The molecule has 1 heterocycles. The third-order valence-corrected chi connectivity index (χ3v) is 4.04. The normalized spacial score (nSPS) is 10.3. The van der Waals surface area contributed by atoms with Gasteiger partial charge in [-0.1, -0.05) is 48.5 Å². The summed E-state index contributed by atoms with van der Waals surface area (Å²) in [5, 5.41) is 2.57. The predicted octanol–water partition coefficient (Wildman–Crippen LogP) is 1.24. The van der Waals surface area contributed by atoms with Crippen LogP contribution >= 0.6 is 0 Å². The van der Waals surface area contributed by atoms with Gasteiger partial charge < -0.3 is 10.1 Å². The molecule has 1 aromatic heterocycles. The molecule has 0 spiro atoms. The predicted molar refractivity (Wildman–Crippen MR) is 107 cm³/mol. The highest BCUT2D eigenvalue weighted by molar-refractivity contribution is 5.92. The second-order valence-corrected chi connectivity index (χ2v) is 6.21. The highest BCUT2D eigenvalue weighted by Crippen LogP contribution is 2.04. The van der Waals surface area contributed by atoms with Gasteiger partial charge in [-0.15, -0.1) is 0 Å². The topological polar surface area (TPSA) is 99.4 Å². The van der Waals surface area contributed by atoms with E-state index in [1.54, 1.807) is 30.3 Å². The highest BCUT2D eigenvalue weighted by atomic mass is 16.5. The maximum Gasteiger partial charge on any atom is 0.331 e. The smallest absolute Gasteiger partial charge is 0.331 e. The number of amides is 1. The van der Waals surface area contributed by atoms with Crippen LogP contribution < -0.4 is 16.6 Å². The van der Waals surface area contributed by atoms with Crippen LogP contribution in [0.3, 0.4) is 0 Å². The van der Waals surface area contributed by atoms with Gasteiger partial charge in [0.05, 0.1) is 6.54 Å². The second-order valence-electron chi connectivity index (χ2n) is 6.21. The first-order valence-electron chi connectivity index (χ1n) is 8.87. The number of nitrogens with zero attached hydrogens (tertiary/aromatic N) is 2. The van der Waals surface area contributed by atoms with Crippen molar-refractivity contribution in [3.8, 4) is 0 Å². The van der Waals surface area contributed by atoms with Crippen molar-refractivity contribution in [2.24, 2.45) is 0 Å². The summed E-state index contributed by atoms with van der Waals surface area (Å²) in [4.78, 5) is 48.4. The first kappa shape index (κ1) is 19.8. The fraction of sp³-hybridized carbons (Fsp3) is 0.143. The molecule has 0 unspecified atom stereocenters. The Morgan fingerprint density at radius 1 is 0.897 bits per heavy atom. The van der Waals surface area contributed by atoms with Gasteiger partial charge in [-0.2, -0.15) is 0 Å². The SMILES string of the molecule is O=C(COC(=O)Cn1c(=O)ccn(Cc2ccccc2)c1=O)Nc1ccccc1. The molecule has 1 amide bonds. The molecule has 8 nitrogen and oxygen atoms in total. The molecular formula is C21H19N3O5. The van der Waals surface area contributed by atoms with E-state index in [9.17, 15) is 19.2 Å². The van der Waals surface area contributed by atoms with Gasteiger partial charge in [-0.3, -0.25) is 19.0 Å². The number of anilines is 1. The summed E-state index contributed by atoms with van der Waals surface area (Å²) in [6.07, 6.45) is 1.38. The van der Waals surface area contributed by atoms with E-state index in [-0.39, 0.29) is 6.54 Å². The molecule has 0 saturated heterocycles. The van der Waals surface area contributed by atoms with Crippen molar-refractivity contribution in [1.29, 1.82) is 0 Å². The van der Waals surface area contributed by atoms with Crippen molar-refractivity contribution in [2.45, 2.75) is 13.1 Å². The van der Waals surface area contributed by atoms with Gasteiger partial charge in [-0.05, 0) is 17.7 Å². The zero-order valence-corrected chi connectivity index (χ0v) is 15.5. The lowest BCUT2D eigenvalue weighted by atomic mass is 10.2. The van der Waals surface area contributed by atoms with Crippen molar-refractivity contribution in [2.75, 3.05) is 11.9 Å². The number of hydrogen-bond acceptors (Lipinski definition) is 5. The van der Waals surface area contributed by atoms with Gasteiger partial charge in [0.2, 0.25) is 0 Å². The summed E-state index contributed by atoms with van der Waals surface area (Å²) in [5.41, 5.74) is 0.189. The van der Waals surface area contributed by atoms with Gasteiger partial charge in [0.15, 0.2) is 6.61 Å². The van der Waals surface area contributed by atoms with Crippen LogP contribution in [0.15, 0.2) is 82.5 Å². The van der Waals surface area contributed by atoms with Crippen LogP contribution in [-0.2, 0) is 27.4 Å². The van der Waals surface area contributed by atoms with Crippen LogP contribution in [0.2, 0.25) is 0 Å². The molecule has 0 bridgehead atoms. The molecule has 148 valence electrons. The van der Waals surface area contributed by atoms with Gasteiger partial charge in [0, 0.05) is 18.0 Å². The fourth-order valence-corrected chi connectivity index (χ4v) is 2.64. The summed E-state index contributed by atoms with van der Waals surface area (Å²) in [7, 11) is 0. The van der Waals surface area contributed by atoms with Crippen LogP contribution in [0.1, 0.15) is 5.56 Å². The number of para-hydroxylation sites is 1. The van der Waals surface area contributed by atoms with Crippen molar-refractivity contribution < 1.29 is 14.3 Å². The number of carbonyl (C=O) groups is 2. The minimum absolute atomic E-state index is 0.258. The zero-order chi connectivity index (χ0) is 20.6. The summed E-state index contributed by atoms with van der Waals surface area (Å²) >= 11 is 0. The Kier molecular flexibility index (Phi) is 6.36. The van der Waals surface area contributed by atoms with Crippen molar-refractivity contribution >= 4 is 17.6 Å². The Hall–Kier alpha value is -3.94. The number of rotatable bonds is 7. The first-order chi connectivity index (χ1) is 14.0. The number of carbonyl (C=O) groups excluding carboxylic acids is 2. The molecule has 0 fully saturated rings. The van der Waals surface area contributed by atoms with Crippen LogP contribution in [0.5, 0.6) is 0 Å². The van der Waals surface area contributed by atoms with Crippen LogP contribution in [0.4, 0.5) is 5.69 Å². The van der Waals surface area contributed by atoms with Crippen LogP contribution in [-0.4, -0.2) is 27.6 Å². The van der Waals surface area contributed by atoms with Crippen LogP contribution in [0.25, 0.3) is 0 Å². The van der Waals surface area contributed by atoms with Gasteiger partial charge >= 0.3 is 11.7 Å². The lowest BCUT2D eigenvalue weighted by molar-refractivity contribution is -0.148. The molecule has 0 saturated carbocycles. The Bertz CT molecular complexity index is 1100. The number of nitrogens with one attached hydrogen (secondary N) is 1. The van der Waals surface area contributed by atoms with E-state index >= 15 is 0 Å². The van der Waals surface area contributed by atoms with Crippen molar-refractivity contribution in [3.05, 3.63) is 99.3 Å². The number of aromatic nitrogens is 2. The standard InChI is InChI=1S/C21H19N3O5/c25-18(22-17-9-5-2-6-10-17)15-29-20(27)14-24-19(26)11-12-23(21(24)28)13-16-7-3-1-4-8-16/h1-12H,13-15H2,(H,22,25). The average molecular weight is 393 g/mol. The van der Waals surface area contributed by atoms with Crippen molar-refractivity contribution in [3.63, 3.8) is 0 Å². The summed E-state index contributed by atoms with van der Waals surface area (Å²) < 4.78 is 6.99. The third-order valence-electron chi connectivity index (χ3n) is 4.04. The number of benzene rings is 2. The molecule has 1 N–H and O–H groups in total. The van der Waals surface area contributed by atoms with Gasteiger partial charge in [0.25, 0.3) is 11.5 Å². The molecular weight excluding hydrogens is 374 g/mol. The summed E-state index contributed by atoms with van der Waals surface area (Å²) in [6.45, 7) is -0.839. The van der Waals surface area contributed by atoms with Crippen LogP contribution in [0, 0.1) is 0 Å². The van der Waals surface area contributed by atoms with Crippen molar-refractivity contribution in [1.82, 2.24) is 9.13 Å². The van der Waals surface area contributed by atoms with Gasteiger partial charge in [-0.25, -0.2) is 9.36 Å². The van der Waals surface area contributed by atoms with E-state index in [2.05, 4.69) is 5.32 Å². The molecule has 3 aromatic rings. The molecule has 0 aliphatic heterocycles. The Morgan fingerprint density at radius 2 is 1.55 bits per heavy atom. The molecule has 0 aliphatic carbocycles. The van der Waals surface area contributed by atoms with E-state index in [1.165, 1.54) is 16.8 Å². The Morgan fingerprint density at radius 3 is 2.24 bits per heavy atom. The van der Waals surface area contributed by atoms with E-state index in [0.29, 0.717) is 5.69 Å². The largest absolute Gasteiger partial charge is 0.454 e. The Labute approximate surface area is 166 Å². The molecule has 0 atom stereocenters. The first-order valence-corrected chi connectivity index (χ1v) is 8.87. The lowest BCUT2D eigenvalue weighted by Gasteiger charge is -2.10. The number of esters is 1. The van der Waals surface area contributed by atoms with Gasteiger partial charge in [0.1, 0.15) is 6.54 Å². The molecule has 0 radical (unpaired) electrons.